The number of rotatable bonds is 7. The van der Waals surface area contributed by atoms with Gasteiger partial charge >= 0.3 is 0 Å². The van der Waals surface area contributed by atoms with E-state index < -0.39 is 30.1 Å². The van der Waals surface area contributed by atoms with Gasteiger partial charge in [0.2, 0.25) is 0 Å². The van der Waals surface area contributed by atoms with Crippen molar-refractivity contribution >= 4 is 11.6 Å². The molecule has 0 unspecified atom stereocenters. The number of carbonyl (C=O) groups is 1. The molecule has 0 aliphatic carbocycles. The zero-order chi connectivity index (χ0) is 22.9. The zero-order valence-electron chi connectivity index (χ0n) is 17.0. The van der Waals surface area contributed by atoms with Gasteiger partial charge in [0.25, 0.3) is 18.8 Å². The Balaban J connectivity index is 1.79. The first-order chi connectivity index (χ1) is 14.6. The van der Waals surface area contributed by atoms with Gasteiger partial charge in [0.1, 0.15) is 22.9 Å². The van der Waals surface area contributed by atoms with E-state index in [2.05, 4.69) is 10.4 Å². The van der Waals surface area contributed by atoms with Crippen LogP contribution in [0.25, 0.3) is 0 Å². The van der Waals surface area contributed by atoms with Crippen LogP contribution in [0.5, 0.6) is 5.75 Å². The summed E-state index contributed by atoms with van der Waals surface area (Å²) in [5.74, 6) is -0.419. The third-order valence-electron chi connectivity index (χ3n) is 4.71. The summed E-state index contributed by atoms with van der Waals surface area (Å²) in [4.78, 5) is 12.6. The molecule has 0 saturated carbocycles. The Morgan fingerprint density at radius 1 is 1.16 bits per heavy atom. The Labute approximate surface area is 175 Å². The molecule has 0 radical (unpaired) electrons. The van der Waals surface area contributed by atoms with Crippen molar-refractivity contribution in [2.45, 2.75) is 46.1 Å². The maximum absolute atomic E-state index is 13.1. The predicted octanol–water partition coefficient (Wildman–Crippen LogP) is 5.79. The van der Waals surface area contributed by atoms with E-state index in [1.807, 2.05) is 13.8 Å². The number of nitrogens with zero attached hydrogens (tertiary/aromatic N) is 2. The van der Waals surface area contributed by atoms with Gasteiger partial charge in [-0.05, 0) is 54.3 Å². The summed E-state index contributed by atoms with van der Waals surface area (Å²) >= 11 is 0. The lowest BCUT2D eigenvalue weighted by Crippen LogP contribution is -2.12. The number of phenols is 1. The zero-order valence-corrected chi connectivity index (χ0v) is 17.0. The highest BCUT2D eigenvalue weighted by Gasteiger charge is 2.22. The molecule has 0 aliphatic rings. The minimum absolute atomic E-state index is 0.0303. The quantitative estimate of drug-likeness (QED) is 0.361. The van der Waals surface area contributed by atoms with E-state index in [-0.39, 0.29) is 29.7 Å². The first-order valence-electron chi connectivity index (χ1n) is 9.44. The normalized spacial score (nSPS) is 11.7. The van der Waals surface area contributed by atoms with Crippen LogP contribution in [0.3, 0.4) is 0 Å². The minimum atomic E-state index is -3.00. The van der Waals surface area contributed by atoms with Gasteiger partial charge in [-0.2, -0.15) is 5.10 Å². The van der Waals surface area contributed by atoms with Gasteiger partial charge in [-0.15, -0.1) is 0 Å². The summed E-state index contributed by atoms with van der Waals surface area (Å²) in [5.41, 5.74) is 0.356. The van der Waals surface area contributed by atoms with Crippen LogP contribution in [0.1, 0.15) is 71.4 Å². The van der Waals surface area contributed by atoms with Crippen molar-refractivity contribution in [2.24, 2.45) is 0 Å². The van der Waals surface area contributed by atoms with Crippen LogP contribution in [0.15, 0.2) is 34.7 Å². The van der Waals surface area contributed by atoms with Crippen molar-refractivity contribution < 1.29 is 31.9 Å². The number of furan rings is 1. The number of hydrogen-bond acceptors (Lipinski definition) is 4. The van der Waals surface area contributed by atoms with Crippen LogP contribution in [-0.2, 0) is 6.54 Å². The largest absolute Gasteiger partial charge is 0.508 e. The lowest BCUT2D eigenvalue weighted by molar-refractivity contribution is 0.0993. The Hall–Kier alpha value is -3.30. The molecule has 31 heavy (non-hydrogen) atoms. The molecule has 0 fully saturated rings. The Bertz CT molecular complexity index is 1090. The molecule has 2 heterocycles. The SMILES string of the molecule is Cc1cc(O)c(C(C)C)cc1NC(=O)c1ccc(Cn2nc(C(F)F)cc2C(F)F)o1. The average Bonchev–Trinajstić information content (AvgIpc) is 3.31. The number of halogens is 4. The molecule has 0 spiro atoms. The van der Waals surface area contributed by atoms with Crippen LogP contribution >= 0.6 is 0 Å². The van der Waals surface area contributed by atoms with Crippen LogP contribution in [-0.4, -0.2) is 20.8 Å². The lowest BCUT2D eigenvalue weighted by atomic mass is 9.99. The molecule has 10 heteroatoms. The highest BCUT2D eigenvalue weighted by atomic mass is 19.3. The monoisotopic (exact) mass is 439 g/mol. The van der Waals surface area contributed by atoms with Crippen molar-refractivity contribution in [1.29, 1.82) is 0 Å². The van der Waals surface area contributed by atoms with Gasteiger partial charge in [-0.25, -0.2) is 17.6 Å². The topological polar surface area (TPSA) is 80.3 Å². The fourth-order valence-electron chi connectivity index (χ4n) is 3.08. The van der Waals surface area contributed by atoms with Gasteiger partial charge in [-0.3, -0.25) is 9.48 Å². The molecule has 0 aliphatic heterocycles. The van der Waals surface area contributed by atoms with Crippen LogP contribution < -0.4 is 5.32 Å². The molecule has 3 rings (SSSR count). The number of aromatic nitrogens is 2. The molecule has 6 nitrogen and oxygen atoms in total. The molecule has 2 aromatic heterocycles. The Kier molecular flexibility index (Phi) is 6.37. The van der Waals surface area contributed by atoms with Crippen LogP contribution in [0.2, 0.25) is 0 Å². The smallest absolute Gasteiger partial charge is 0.291 e. The maximum atomic E-state index is 13.1. The van der Waals surface area contributed by atoms with E-state index in [9.17, 15) is 27.5 Å². The number of nitrogens with one attached hydrogen (secondary N) is 1. The first kappa shape index (κ1) is 22.4. The molecule has 1 aromatic carbocycles. The van der Waals surface area contributed by atoms with Crippen molar-refractivity contribution in [1.82, 2.24) is 9.78 Å². The van der Waals surface area contributed by atoms with Crippen LogP contribution in [0.4, 0.5) is 23.2 Å². The molecule has 3 aromatic rings. The van der Waals surface area contributed by atoms with Crippen LogP contribution in [0, 0.1) is 6.92 Å². The summed E-state index contributed by atoms with van der Waals surface area (Å²) < 4.78 is 58.0. The fraction of sp³-hybridized carbons (Fsp3) is 0.333. The second-order valence-electron chi connectivity index (χ2n) is 7.35. The van der Waals surface area contributed by atoms with E-state index in [0.717, 1.165) is 4.68 Å². The summed E-state index contributed by atoms with van der Waals surface area (Å²) in [7, 11) is 0. The predicted molar refractivity (Wildman–Crippen MR) is 105 cm³/mol. The van der Waals surface area contributed by atoms with E-state index in [1.165, 1.54) is 12.1 Å². The summed E-state index contributed by atoms with van der Waals surface area (Å²) in [5, 5.41) is 16.2. The molecule has 0 bridgehead atoms. The number of aromatic hydroxyl groups is 1. The molecule has 2 N–H and O–H groups in total. The number of benzene rings is 1. The Morgan fingerprint density at radius 2 is 1.87 bits per heavy atom. The number of amides is 1. The van der Waals surface area contributed by atoms with Crippen molar-refractivity contribution in [3.05, 3.63) is 64.4 Å². The van der Waals surface area contributed by atoms with Gasteiger partial charge in [-0.1, -0.05) is 13.8 Å². The average molecular weight is 439 g/mol. The first-order valence-corrected chi connectivity index (χ1v) is 9.44. The van der Waals surface area contributed by atoms with Gasteiger partial charge in [0.15, 0.2) is 5.76 Å². The number of anilines is 1. The Morgan fingerprint density at radius 3 is 2.48 bits per heavy atom. The second-order valence-corrected chi connectivity index (χ2v) is 7.35. The molecule has 0 saturated heterocycles. The summed E-state index contributed by atoms with van der Waals surface area (Å²) in [6.07, 6.45) is -5.98. The highest BCUT2D eigenvalue weighted by Crippen LogP contribution is 2.31. The van der Waals surface area contributed by atoms with Gasteiger partial charge in [0.05, 0.1) is 6.54 Å². The number of carbonyl (C=O) groups excluding carboxylic acids is 1. The highest BCUT2D eigenvalue weighted by molar-refractivity contribution is 6.02. The van der Waals surface area contributed by atoms with Gasteiger partial charge < -0.3 is 14.8 Å². The van der Waals surface area contributed by atoms with Crippen molar-refractivity contribution in [3.8, 4) is 5.75 Å². The number of aryl methyl sites for hydroxylation is 1. The summed E-state index contributed by atoms with van der Waals surface area (Å²) in [6.45, 7) is 5.18. The third-order valence-corrected chi connectivity index (χ3v) is 4.71. The molecule has 0 atom stereocenters. The minimum Gasteiger partial charge on any atom is -0.508 e. The van der Waals surface area contributed by atoms with E-state index in [1.54, 1.807) is 19.1 Å². The molecule has 166 valence electrons. The molecular formula is C21H21F4N3O3. The number of alkyl halides is 4. The number of hydrogen-bond donors (Lipinski definition) is 2. The van der Waals surface area contributed by atoms with Crippen molar-refractivity contribution in [3.63, 3.8) is 0 Å². The van der Waals surface area contributed by atoms with Gasteiger partial charge in [0, 0.05) is 5.69 Å². The fourth-order valence-corrected chi connectivity index (χ4v) is 3.08. The van der Waals surface area contributed by atoms with E-state index >= 15 is 0 Å². The lowest BCUT2D eigenvalue weighted by Gasteiger charge is -2.14. The maximum Gasteiger partial charge on any atom is 0.291 e. The third kappa shape index (κ3) is 4.89. The molecule has 1 amide bonds. The van der Waals surface area contributed by atoms with Crippen molar-refractivity contribution in [2.75, 3.05) is 5.32 Å². The van der Waals surface area contributed by atoms with E-state index in [4.69, 9.17) is 4.42 Å². The second kappa shape index (κ2) is 8.83. The van der Waals surface area contributed by atoms with E-state index in [0.29, 0.717) is 22.9 Å². The number of phenolic OH excluding ortho intramolecular Hbond substituents is 1. The summed E-state index contributed by atoms with van der Waals surface area (Å²) in [6, 6.07) is 6.59. The molecular weight excluding hydrogens is 418 g/mol. The standard InChI is InChI=1S/C21H21F4N3O3/c1-10(2)13-7-14(11(3)6-17(13)29)26-21(30)18-5-4-12(31-18)9-28-16(20(24)25)8-15(27-28)19(22)23/h4-8,10,19-20,29H,9H2,1-3H3,(H,26,30).